The average molecular weight is 377 g/mol. The van der Waals surface area contributed by atoms with Gasteiger partial charge in [-0.15, -0.1) is 0 Å². The van der Waals surface area contributed by atoms with Crippen molar-refractivity contribution in [3.05, 3.63) is 0 Å². The summed E-state index contributed by atoms with van der Waals surface area (Å²) in [6.45, 7) is 7.00. The molecule has 84 valence electrons. The molecule has 1 rings (SSSR count). The molecule has 1 saturated heterocycles. The van der Waals surface area contributed by atoms with Crippen molar-refractivity contribution in [1.29, 1.82) is 0 Å². The van der Waals surface area contributed by atoms with Crippen molar-refractivity contribution in [1.82, 2.24) is 0 Å². The third-order valence-electron chi connectivity index (χ3n) is 1.56. The molecule has 0 radical (unpaired) electrons. The second-order valence-electron chi connectivity index (χ2n) is 3.41. The molecule has 1 aliphatic rings. The number of hydrogen-bond donors (Lipinski definition) is 0. The Kier molecular flexibility index (Phi) is 8.50. The molecule has 0 aromatic carbocycles. The summed E-state index contributed by atoms with van der Waals surface area (Å²) in [7, 11) is 7.01. The van der Waals surface area contributed by atoms with E-state index in [4.69, 9.17) is 0 Å². The van der Waals surface area contributed by atoms with Gasteiger partial charge in [0.15, 0.2) is 0 Å². The molecule has 1 aliphatic heterocycles. The van der Waals surface area contributed by atoms with Gasteiger partial charge in [-0.1, -0.05) is 0 Å². The molecule has 1 fully saturated rings. The van der Waals surface area contributed by atoms with Gasteiger partial charge in [-0.05, 0) is 0 Å². The van der Waals surface area contributed by atoms with Gasteiger partial charge in [-0.2, -0.15) is 0 Å². The molecule has 1 unspecified atom stereocenters. The summed E-state index contributed by atoms with van der Waals surface area (Å²) in [5.41, 5.74) is 0. The van der Waals surface area contributed by atoms with Crippen LogP contribution >= 0.6 is 38.3 Å². The van der Waals surface area contributed by atoms with Crippen LogP contribution in [-0.2, 0) is 0 Å². The Morgan fingerprint density at radius 2 is 2.21 bits per heavy atom. The third kappa shape index (κ3) is 6.08. The molecule has 0 saturated carbocycles. The van der Waals surface area contributed by atoms with Crippen LogP contribution in [0.3, 0.4) is 0 Å². The van der Waals surface area contributed by atoms with E-state index in [-0.39, 0.29) is 0 Å². The minimum atomic E-state index is -1.04. The average Bonchev–Trinajstić information content (AvgIpc) is 2.05. The van der Waals surface area contributed by atoms with E-state index in [0.29, 0.717) is 0 Å². The SMILES string of the molecule is CCC[S][Sb]([S]C(C)C)[S]C1CCS1. The second-order valence-corrected chi connectivity index (χ2v) is 26.7. The molecule has 0 amide bonds. The molecular formula is C9H19S4Sb. The summed E-state index contributed by atoms with van der Waals surface area (Å²) >= 11 is 1.13. The van der Waals surface area contributed by atoms with Gasteiger partial charge in [0.1, 0.15) is 0 Å². The standard InChI is InChI=1S/C3H6S2.2C3H8S.Sb/c4-3-1-2-5-3;1-3(2)4;1-2-3-4;/h3-4H,1-2H2;3-4H,1-2H3;4H,2-3H2,1H3;/q;;;+3/p-3. The third-order valence-corrected chi connectivity index (χ3v) is 29.9. The van der Waals surface area contributed by atoms with Gasteiger partial charge in [0.25, 0.3) is 0 Å². The van der Waals surface area contributed by atoms with Crippen molar-refractivity contribution >= 4 is 54.3 Å². The molecule has 14 heavy (non-hydrogen) atoms. The Morgan fingerprint density at radius 1 is 1.50 bits per heavy atom. The first-order chi connectivity index (χ1) is 6.72. The van der Waals surface area contributed by atoms with Crippen LogP contribution in [0.15, 0.2) is 0 Å². The van der Waals surface area contributed by atoms with Crippen molar-refractivity contribution in [3.63, 3.8) is 0 Å². The summed E-state index contributed by atoms with van der Waals surface area (Å²) in [5.74, 6) is 2.81. The van der Waals surface area contributed by atoms with Gasteiger partial charge in [0, 0.05) is 0 Å². The Balaban J connectivity index is 2.19. The van der Waals surface area contributed by atoms with E-state index in [9.17, 15) is 0 Å². The van der Waals surface area contributed by atoms with Crippen LogP contribution in [0, 0.1) is 0 Å². The monoisotopic (exact) mass is 376 g/mol. The summed E-state index contributed by atoms with van der Waals surface area (Å²) in [4.78, 5) is 0. The zero-order valence-corrected chi connectivity index (χ0v) is 14.9. The Morgan fingerprint density at radius 3 is 2.64 bits per heavy atom. The summed E-state index contributed by atoms with van der Waals surface area (Å²) < 4.78 is 0.980. The first-order valence-electron chi connectivity index (χ1n) is 5.10. The maximum absolute atomic E-state index is 2.37. The van der Waals surface area contributed by atoms with Gasteiger partial charge in [-0.3, -0.25) is 0 Å². The molecule has 0 N–H and O–H groups in total. The molecule has 0 nitrogen and oxygen atoms in total. The van der Waals surface area contributed by atoms with E-state index in [1.54, 1.807) is 0 Å². The van der Waals surface area contributed by atoms with Crippen LogP contribution < -0.4 is 0 Å². The number of hydrogen-bond acceptors (Lipinski definition) is 4. The first-order valence-corrected chi connectivity index (χ1v) is 18.1. The van der Waals surface area contributed by atoms with E-state index in [0.717, 1.165) is 9.83 Å². The van der Waals surface area contributed by atoms with Gasteiger partial charge >= 0.3 is 109 Å². The van der Waals surface area contributed by atoms with Crippen molar-refractivity contribution in [2.24, 2.45) is 0 Å². The van der Waals surface area contributed by atoms with Crippen LogP contribution in [0.5, 0.6) is 0 Å². The molecule has 5 heteroatoms. The van der Waals surface area contributed by atoms with E-state index in [1.165, 1.54) is 24.3 Å². The number of rotatable bonds is 7. The van der Waals surface area contributed by atoms with Crippen molar-refractivity contribution < 1.29 is 0 Å². The van der Waals surface area contributed by atoms with Gasteiger partial charge in [-0.25, -0.2) is 0 Å². The molecule has 1 atom stereocenters. The fourth-order valence-corrected chi connectivity index (χ4v) is 36.1. The molecule has 0 spiro atoms. The Labute approximate surface area is 108 Å². The molecule has 1 heterocycles. The van der Waals surface area contributed by atoms with Crippen molar-refractivity contribution in [2.45, 2.75) is 43.4 Å². The van der Waals surface area contributed by atoms with Crippen LogP contribution in [0.4, 0.5) is 0 Å². The normalized spacial score (nSPS) is 21.6. The zero-order valence-electron chi connectivity index (χ0n) is 9.06. The van der Waals surface area contributed by atoms with Gasteiger partial charge in [0.2, 0.25) is 0 Å². The second kappa shape index (κ2) is 8.33. The molecule has 0 aromatic rings. The molecule has 0 aliphatic carbocycles. The summed E-state index contributed by atoms with van der Waals surface area (Å²) in [6, 6.07) is 0. The van der Waals surface area contributed by atoms with E-state index in [1.807, 2.05) is 0 Å². The van der Waals surface area contributed by atoms with Crippen molar-refractivity contribution in [2.75, 3.05) is 11.5 Å². The zero-order chi connectivity index (χ0) is 10.4. The first kappa shape index (κ1) is 14.3. The van der Waals surface area contributed by atoms with Crippen LogP contribution in [-0.4, -0.2) is 37.3 Å². The maximum atomic E-state index is 2.37. The topological polar surface area (TPSA) is 0 Å². The molecular weight excluding hydrogens is 358 g/mol. The summed E-state index contributed by atoms with van der Waals surface area (Å²) in [6.07, 6.45) is 2.82. The van der Waals surface area contributed by atoms with Crippen LogP contribution in [0.2, 0.25) is 0 Å². The Hall–Kier alpha value is 2.22. The van der Waals surface area contributed by atoms with Gasteiger partial charge < -0.3 is 0 Å². The van der Waals surface area contributed by atoms with Crippen LogP contribution in [0.25, 0.3) is 0 Å². The van der Waals surface area contributed by atoms with E-state index < -0.39 is 16.0 Å². The predicted molar refractivity (Wildman–Crippen MR) is 79.7 cm³/mol. The van der Waals surface area contributed by atoms with E-state index in [2.05, 4.69) is 59.1 Å². The fourth-order valence-electron chi connectivity index (χ4n) is 0.817. The van der Waals surface area contributed by atoms with Gasteiger partial charge in [0.05, 0.1) is 0 Å². The summed E-state index contributed by atoms with van der Waals surface area (Å²) in [5, 5.41) is 0.847. The van der Waals surface area contributed by atoms with Crippen molar-refractivity contribution in [3.8, 4) is 0 Å². The minimum absolute atomic E-state index is 0.847. The quantitative estimate of drug-likeness (QED) is 0.601. The van der Waals surface area contributed by atoms with E-state index >= 15 is 0 Å². The predicted octanol–water partition coefficient (Wildman–Crippen LogP) is 4.45. The Bertz CT molecular complexity index is 150. The van der Waals surface area contributed by atoms with Crippen LogP contribution in [0.1, 0.15) is 33.6 Å². The molecule has 0 bridgehead atoms. The molecule has 0 aromatic heterocycles. The number of thioether (sulfide) groups is 1. The fraction of sp³-hybridized carbons (Fsp3) is 1.00.